The lowest BCUT2D eigenvalue weighted by Crippen LogP contribution is -2.36. The average Bonchev–Trinajstić information content (AvgIpc) is 2.65. The zero-order valence-electron chi connectivity index (χ0n) is 11.8. The molecular formula is C13H17N5O3. The van der Waals surface area contributed by atoms with Gasteiger partial charge in [0.15, 0.2) is 5.82 Å². The lowest BCUT2D eigenvalue weighted by Gasteiger charge is -2.21. The van der Waals surface area contributed by atoms with E-state index in [1.54, 1.807) is 0 Å². The molecule has 1 aliphatic rings. The zero-order valence-corrected chi connectivity index (χ0v) is 11.8. The third kappa shape index (κ3) is 2.16. The number of fused-ring (bicyclic) bond motifs is 1. The fraction of sp³-hybridized carbons (Fsp3) is 0.538. The molecule has 8 heteroatoms. The highest BCUT2D eigenvalue weighted by Gasteiger charge is 2.30. The lowest BCUT2D eigenvalue weighted by molar-refractivity contribution is -0.581. The molecule has 8 nitrogen and oxygen atoms in total. The standard InChI is InChI=1S/C13H17N5O3/c1-16-10-9(18(21)12(16)13(19)20)11(15-8-14-10)17-6-4-2-3-5-7-17/h8H,2-7H2,1H3,(H,19,20). The molecule has 0 bridgehead atoms. The topological polar surface area (TPSA) is 98.2 Å². The number of aryl methyl sites for hydroxylation is 1. The summed E-state index contributed by atoms with van der Waals surface area (Å²) in [6.45, 7) is 1.65. The minimum absolute atomic E-state index is 0.235. The van der Waals surface area contributed by atoms with Crippen molar-refractivity contribution in [1.29, 1.82) is 0 Å². The summed E-state index contributed by atoms with van der Waals surface area (Å²) in [6, 6.07) is 0. The maximum atomic E-state index is 12.3. The van der Waals surface area contributed by atoms with Crippen molar-refractivity contribution in [2.45, 2.75) is 25.7 Å². The smallest absolute Gasteiger partial charge is 0.420 e. The number of anilines is 1. The molecule has 3 heterocycles. The third-order valence-corrected chi connectivity index (χ3v) is 3.91. The molecule has 112 valence electrons. The van der Waals surface area contributed by atoms with E-state index in [0.717, 1.165) is 38.8 Å². The van der Waals surface area contributed by atoms with Crippen LogP contribution in [0.15, 0.2) is 6.33 Å². The van der Waals surface area contributed by atoms with E-state index in [1.165, 1.54) is 17.9 Å². The van der Waals surface area contributed by atoms with Gasteiger partial charge >= 0.3 is 11.8 Å². The Bertz CT molecular complexity index is 689. The third-order valence-electron chi connectivity index (χ3n) is 3.91. The molecule has 1 N–H and O–H groups in total. The number of carboxylic acid groups (broad SMARTS) is 1. The normalized spacial score (nSPS) is 16.1. The molecule has 1 aliphatic heterocycles. The predicted octanol–water partition coefficient (Wildman–Crippen LogP) is 0.680. The van der Waals surface area contributed by atoms with E-state index in [4.69, 9.17) is 0 Å². The maximum absolute atomic E-state index is 12.3. The molecule has 2 aromatic rings. The van der Waals surface area contributed by atoms with Crippen LogP contribution in [0.2, 0.25) is 0 Å². The van der Waals surface area contributed by atoms with Gasteiger partial charge in [0, 0.05) is 13.1 Å². The Morgan fingerprint density at radius 2 is 1.95 bits per heavy atom. The minimum Gasteiger partial charge on any atom is -0.710 e. The lowest BCUT2D eigenvalue weighted by atomic mass is 10.2. The predicted molar refractivity (Wildman–Crippen MR) is 75.1 cm³/mol. The van der Waals surface area contributed by atoms with Gasteiger partial charge in [-0.25, -0.2) is 19.1 Å². The molecule has 0 aliphatic carbocycles. The largest absolute Gasteiger partial charge is 0.710 e. The van der Waals surface area contributed by atoms with Gasteiger partial charge in [0.25, 0.3) is 5.65 Å². The van der Waals surface area contributed by atoms with Gasteiger partial charge < -0.3 is 15.2 Å². The Balaban J connectivity index is 2.19. The summed E-state index contributed by atoms with van der Waals surface area (Å²) in [6.07, 6.45) is 5.80. The van der Waals surface area contributed by atoms with Crippen LogP contribution in [0.1, 0.15) is 36.3 Å². The summed E-state index contributed by atoms with van der Waals surface area (Å²) >= 11 is 0. The summed E-state index contributed by atoms with van der Waals surface area (Å²) in [5.41, 5.74) is 0.580. The van der Waals surface area contributed by atoms with Crippen LogP contribution in [-0.2, 0) is 7.05 Å². The second-order valence-corrected chi connectivity index (χ2v) is 5.25. The van der Waals surface area contributed by atoms with Crippen LogP contribution in [0.3, 0.4) is 0 Å². The van der Waals surface area contributed by atoms with Crippen LogP contribution < -0.4 is 9.63 Å². The molecule has 0 unspecified atom stereocenters. The second-order valence-electron chi connectivity index (χ2n) is 5.25. The van der Waals surface area contributed by atoms with Gasteiger partial charge in [-0.3, -0.25) is 0 Å². The molecule has 0 aromatic carbocycles. The van der Waals surface area contributed by atoms with Crippen molar-refractivity contribution < 1.29 is 14.6 Å². The van der Waals surface area contributed by atoms with Gasteiger partial charge in [-0.15, -0.1) is 0 Å². The van der Waals surface area contributed by atoms with E-state index >= 15 is 0 Å². The number of imidazole rings is 1. The van der Waals surface area contributed by atoms with Crippen molar-refractivity contribution >= 4 is 23.0 Å². The first-order valence-electron chi connectivity index (χ1n) is 7.02. The molecule has 0 amide bonds. The van der Waals surface area contributed by atoms with Crippen molar-refractivity contribution in [3.63, 3.8) is 0 Å². The summed E-state index contributed by atoms with van der Waals surface area (Å²) in [5, 5.41) is 21.5. The molecule has 0 saturated carbocycles. The maximum Gasteiger partial charge on any atom is 0.420 e. The first kappa shape index (κ1) is 13.6. The Morgan fingerprint density at radius 3 is 2.57 bits per heavy atom. The number of aromatic carboxylic acids is 1. The summed E-state index contributed by atoms with van der Waals surface area (Å²) < 4.78 is 1.73. The van der Waals surface area contributed by atoms with E-state index in [-0.39, 0.29) is 11.3 Å². The quantitative estimate of drug-likeness (QED) is 0.645. The van der Waals surface area contributed by atoms with Crippen LogP contribution in [0.5, 0.6) is 0 Å². The molecule has 0 spiro atoms. The molecule has 21 heavy (non-hydrogen) atoms. The van der Waals surface area contributed by atoms with Crippen molar-refractivity contribution in [2.75, 3.05) is 18.0 Å². The molecule has 1 saturated heterocycles. The van der Waals surface area contributed by atoms with Gasteiger partial charge in [-0.1, -0.05) is 12.8 Å². The van der Waals surface area contributed by atoms with Crippen molar-refractivity contribution in [1.82, 2.24) is 14.5 Å². The summed E-state index contributed by atoms with van der Waals surface area (Å²) in [7, 11) is 1.53. The zero-order chi connectivity index (χ0) is 15.0. The average molecular weight is 291 g/mol. The molecule has 1 fully saturated rings. The first-order valence-corrected chi connectivity index (χ1v) is 7.02. The molecule has 2 aromatic heterocycles. The van der Waals surface area contributed by atoms with Crippen LogP contribution in [0.4, 0.5) is 5.82 Å². The first-order chi connectivity index (χ1) is 10.1. The SMILES string of the molecule is Cn1c(C(=O)O)[n+]([O-])c2c(N3CCCCCC3)ncnc21. The Hall–Kier alpha value is -2.38. The second kappa shape index (κ2) is 5.19. The van der Waals surface area contributed by atoms with Gasteiger partial charge in [-0.05, 0) is 12.8 Å². The van der Waals surface area contributed by atoms with Crippen LogP contribution in [0, 0.1) is 5.21 Å². The van der Waals surface area contributed by atoms with E-state index in [9.17, 15) is 15.1 Å². The highest BCUT2D eigenvalue weighted by Crippen LogP contribution is 2.23. The van der Waals surface area contributed by atoms with Crippen molar-refractivity contribution in [3.05, 3.63) is 17.4 Å². The fourth-order valence-corrected chi connectivity index (χ4v) is 2.87. The van der Waals surface area contributed by atoms with E-state index in [1.807, 2.05) is 0 Å². The van der Waals surface area contributed by atoms with E-state index in [2.05, 4.69) is 14.9 Å². The molecular weight excluding hydrogens is 274 g/mol. The highest BCUT2D eigenvalue weighted by molar-refractivity contribution is 5.88. The number of nitrogens with zero attached hydrogens (tertiary/aromatic N) is 5. The van der Waals surface area contributed by atoms with Crippen LogP contribution in [-0.4, -0.2) is 38.7 Å². The number of hydrogen-bond acceptors (Lipinski definition) is 5. The minimum atomic E-state index is -1.27. The van der Waals surface area contributed by atoms with E-state index < -0.39 is 5.97 Å². The van der Waals surface area contributed by atoms with Gasteiger partial charge in [0.05, 0.1) is 7.05 Å². The summed E-state index contributed by atoms with van der Waals surface area (Å²) in [4.78, 5) is 21.6. The van der Waals surface area contributed by atoms with Crippen molar-refractivity contribution in [3.8, 4) is 0 Å². The molecule has 3 rings (SSSR count). The van der Waals surface area contributed by atoms with E-state index in [0.29, 0.717) is 16.2 Å². The monoisotopic (exact) mass is 291 g/mol. The van der Waals surface area contributed by atoms with Crippen molar-refractivity contribution in [2.24, 2.45) is 7.05 Å². The number of rotatable bonds is 2. The van der Waals surface area contributed by atoms with Gasteiger partial charge in [0.2, 0.25) is 5.52 Å². The van der Waals surface area contributed by atoms with Gasteiger partial charge in [0.1, 0.15) is 6.33 Å². The Kier molecular flexibility index (Phi) is 3.36. The van der Waals surface area contributed by atoms with Gasteiger partial charge in [-0.2, -0.15) is 4.98 Å². The van der Waals surface area contributed by atoms with Crippen LogP contribution >= 0.6 is 0 Å². The highest BCUT2D eigenvalue weighted by atomic mass is 16.5. The molecule has 0 atom stereocenters. The molecule has 0 radical (unpaired) electrons. The Labute approximate surface area is 121 Å². The van der Waals surface area contributed by atoms with Crippen LogP contribution in [0.25, 0.3) is 11.2 Å². The number of hydrogen-bond donors (Lipinski definition) is 1. The Morgan fingerprint density at radius 1 is 1.29 bits per heavy atom. The number of carbonyl (C=O) groups is 1. The fourth-order valence-electron chi connectivity index (χ4n) is 2.87. The number of aromatic nitrogens is 4. The number of carboxylic acids is 1. The summed E-state index contributed by atoms with van der Waals surface area (Å²) in [5.74, 6) is -1.09.